The fourth-order valence-electron chi connectivity index (χ4n) is 4.93. The van der Waals surface area contributed by atoms with Crippen LogP contribution >= 0.6 is 0 Å². The van der Waals surface area contributed by atoms with Crippen LogP contribution in [0.5, 0.6) is 17.2 Å². The number of ether oxygens (including phenoxy) is 1. The Bertz CT molecular complexity index is 1630. The van der Waals surface area contributed by atoms with Gasteiger partial charge < -0.3 is 14.9 Å². The van der Waals surface area contributed by atoms with Crippen molar-refractivity contribution in [3.63, 3.8) is 0 Å². The molecule has 40 heavy (non-hydrogen) atoms. The van der Waals surface area contributed by atoms with E-state index in [9.17, 15) is 19.8 Å². The number of amides is 1. The summed E-state index contributed by atoms with van der Waals surface area (Å²) in [5.41, 5.74) is 2.67. The number of anilines is 1. The predicted molar refractivity (Wildman–Crippen MR) is 156 cm³/mol. The van der Waals surface area contributed by atoms with Crippen LogP contribution in [0.15, 0.2) is 103 Å². The van der Waals surface area contributed by atoms with E-state index >= 15 is 0 Å². The van der Waals surface area contributed by atoms with E-state index in [1.807, 2.05) is 55.5 Å². The van der Waals surface area contributed by atoms with Crippen molar-refractivity contribution < 1.29 is 24.5 Å². The smallest absolute Gasteiger partial charge is 0.300 e. The average Bonchev–Trinajstić information content (AvgIpc) is 3.19. The lowest BCUT2D eigenvalue weighted by Crippen LogP contribution is -2.29. The molecule has 0 radical (unpaired) electrons. The Kier molecular flexibility index (Phi) is 6.94. The molecule has 4 aromatic rings. The monoisotopic (exact) mass is 533 g/mol. The molecule has 1 aliphatic heterocycles. The van der Waals surface area contributed by atoms with Crippen LogP contribution in [0.2, 0.25) is 0 Å². The zero-order valence-corrected chi connectivity index (χ0v) is 22.9. The number of phenols is 1. The summed E-state index contributed by atoms with van der Waals surface area (Å²) < 4.78 is 6.03. The van der Waals surface area contributed by atoms with Crippen LogP contribution in [0.4, 0.5) is 5.69 Å². The molecular weight excluding hydrogens is 502 g/mol. The molecule has 1 unspecified atom stereocenters. The molecule has 1 aliphatic rings. The Morgan fingerprint density at radius 3 is 2.20 bits per heavy atom. The van der Waals surface area contributed by atoms with Crippen molar-refractivity contribution in [3.8, 4) is 17.2 Å². The van der Waals surface area contributed by atoms with E-state index in [0.717, 1.165) is 11.1 Å². The minimum absolute atomic E-state index is 0.0562. The number of hydrogen-bond acceptors (Lipinski definition) is 5. The van der Waals surface area contributed by atoms with E-state index < -0.39 is 17.7 Å². The Labute approximate surface area is 233 Å². The Hall–Kier alpha value is -4.84. The second-order valence-corrected chi connectivity index (χ2v) is 10.9. The topological polar surface area (TPSA) is 87.1 Å². The summed E-state index contributed by atoms with van der Waals surface area (Å²) in [7, 11) is 0. The van der Waals surface area contributed by atoms with E-state index in [1.165, 1.54) is 11.0 Å². The summed E-state index contributed by atoms with van der Waals surface area (Å²) >= 11 is 0. The molecule has 0 bridgehead atoms. The summed E-state index contributed by atoms with van der Waals surface area (Å²) in [6.07, 6.45) is 0. The van der Waals surface area contributed by atoms with Crippen LogP contribution in [-0.2, 0) is 15.0 Å². The van der Waals surface area contributed by atoms with Gasteiger partial charge in [0.2, 0.25) is 0 Å². The van der Waals surface area contributed by atoms with Crippen LogP contribution < -0.4 is 9.64 Å². The van der Waals surface area contributed by atoms with E-state index in [1.54, 1.807) is 42.5 Å². The largest absolute Gasteiger partial charge is 0.507 e. The number of Topliss-reactive ketones (excluding diaryl/α,β-unsaturated/α-hetero) is 1. The maximum Gasteiger partial charge on any atom is 0.300 e. The molecule has 4 aromatic carbocycles. The maximum atomic E-state index is 13.6. The number of aliphatic hydroxyl groups excluding tert-OH is 1. The molecule has 0 spiro atoms. The fourth-order valence-corrected chi connectivity index (χ4v) is 4.93. The molecule has 1 fully saturated rings. The number of carbonyl (C=O) groups is 2. The molecule has 0 saturated carbocycles. The quantitative estimate of drug-likeness (QED) is 0.158. The van der Waals surface area contributed by atoms with Gasteiger partial charge in [0.15, 0.2) is 0 Å². The minimum atomic E-state index is -1.01. The summed E-state index contributed by atoms with van der Waals surface area (Å²) in [6.45, 7) is 8.05. The molecule has 1 atom stereocenters. The molecule has 6 heteroatoms. The lowest BCUT2D eigenvalue weighted by molar-refractivity contribution is -0.132. The molecule has 1 heterocycles. The van der Waals surface area contributed by atoms with Crippen molar-refractivity contribution >= 4 is 23.1 Å². The highest BCUT2D eigenvalue weighted by Crippen LogP contribution is 2.45. The molecule has 202 valence electrons. The van der Waals surface area contributed by atoms with Crippen molar-refractivity contribution in [1.29, 1.82) is 0 Å². The molecule has 0 aliphatic carbocycles. The Morgan fingerprint density at radius 2 is 1.50 bits per heavy atom. The number of aromatic hydroxyl groups is 1. The maximum absolute atomic E-state index is 13.6. The summed E-state index contributed by atoms with van der Waals surface area (Å²) in [4.78, 5) is 28.5. The molecule has 1 amide bonds. The first kappa shape index (κ1) is 26.8. The average molecular weight is 534 g/mol. The van der Waals surface area contributed by atoms with Crippen molar-refractivity contribution in [1.82, 2.24) is 0 Å². The van der Waals surface area contributed by atoms with Gasteiger partial charge in [-0.15, -0.1) is 0 Å². The fraction of sp³-hybridized carbons (Fsp3) is 0.176. The highest BCUT2D eigenvalue weighted by atomic mass is 16.5. The van der Waals surface area contributed by atoms with Crippen LogP contribution in [0.25, 0.3) is 5.76 Å². The number of ketones is 1. The number of hydrogen-bond donors (Lipinski definition) is 2. The molecule has 6 nitrogen and oxygen atoms in total. The van der Waals surface area contributed by atoms with Gasteiger partial charge in [0, 0.05) is 5.56 Å². The van der Waals surface area contributed by atoms with Gasteiger partial charge in [0.25, 0.3) is 11.7 Å². The number of benzene rings is 4. The normalized spacial score (nSPS) is 16.8. The van der Waals surface area contributed by atoms with Crippen LogP contribution in [0.3, 0.4) is 0 Å². The Balaban J connectivity index is 1.72. The summed E-state index contributed by atoms with van der Waals surface area (Å²) in [5.74, 6) is -0.967. The SMILES string of the molecule is Cc1ccc(C(C)(C)C)cc1/C(O)=C1\C(=O)C(=O)N(c2ccccc2O)C1c1cccc(Oc2ccccc2)c1. The zero-order valence-electron chi connectivity index (χ0n) is 22.9. The first-order valence-corrected chi connectivity index (χ1v) is 13.1. The van der Waals surface area contributed by atoms with Crippen molar-refractivity contribution in [2.75, 3.05) is 4.90 Å². The van der Waals surface area contributed by atoms with E-state index in [-0.39, 0.29) is 28.2 Å². The first-order valence-electron chi connectivity index (χ1n) is 13.1. The lowest BCUT2D eigenvalue weighted by atomic mass is 9.84. The summed E-state index contributed by atoms with van der Waals surface area (Å²) in [5, 5.41) is 22.4. The van der Waals surface area contributed by atoms with Gasteiger partial charge in [-0.1, -0.05) is 75.4 Å². The molecule has 1 saturated heterocycles. The van der Waals surface area contributed by atoms with Crippen molar-refractivity contribution in [3.05, 3.63) is 125 Å². The second kappa shape index (κ2) is 10.4. The van der Waals surface area contributed by atoms with E-state index in [4.69, 9.17) is 4.74 Å². The first-order chi connectivity index (χ1) is 19.1. The van der Waals surface area contributed by atoms with Gasteiger partial charge in [-0.2, -0.15) is 0 Å². The Morgan fingerprint density at radius 1 is 0.825 bits per heavy atom. The third-order valence-electron chi connectivity index (χ3n) is 7.10. The number of carbonyl (C=O) groups excluding carboxylic acids is 2. The van der Waals surface area contributed by atoms with Crippen LogP contribution in [-0.4, -0.2) is 21.9 Å². The number of phenolic OH excluding ortho intramolecular Hbond substituents is 1. The third-order valence-corrected chi connectivity index (χ3v) is 7.10. The highest BCUT2D eigenvalue weighted by molar-refractivity contribution is 6.52. The minimum Gasteiger partial charge on any atom is -0.507 e. The van der Waals surface area contributed by atoms with Crippen molar-refractivity contribution in [2.24, 2.45) is 0 Å². The van der Waals surface area contributed by atoms with Gasteiger partial charge in [0.05, 0.1) is 17.3 Å². The van der Waals surface area contributed by atoms with Crippen LogP contribution in [0.1, 0.15) is 49.1 Å². The number of aliphatic hydroxyl groups is 1. The lowest BCUT2D eigenvalue weighted by Gasteiger charge is -2.26. The van der Waals surface area contributed by atoms with E-state index in [0.29, 0.717) is 22.6 Å². The van der Waals surface area contributed by atoms with Crippen molar-refractivity contribution in [2.45, 2.75) is 39.2 Å². The number of rotatable bonds is 5. The number of para-hydroxylation sites is 3. The van der Waals surface area contributed by atoms with Gasteiger partial charge in [-0.3, -0.25) is 14.5 Å². The third kappa shape index (κ3) is 4.96. The van der Waals surface area contributed by atoms with E-state index in [2.05, 4.69) is 20.8 Å². The molecular formula is C34H31NO5. The van der Waals surface area contributed by atoms with Gasteiger partial charge >= 0.3 is 0 Å². The second-order valence-electron chi connectivity index (χ2n) is 10.9. The molecule has 5 rings (SSSR count). The number of aryl methyl sites for hydroxylation is 1. The highest BCUT2D eigenvalue weighted by Gasteiger charge is 2.48. The van der Waals surface area contributed by atoms with Gasteiger partial charge in [-0.05, 0) is 71.5 Å². The standard InChI is InChI=1S/C34H31NO5/c1-21-17-18-23(34(2,3)4)20-26(21)31(37)29-30(35(33(39)32(29)38)27-15-8-9-16-28(27)36)22-11-10-14-25(19-22)40-24-12-6-5-7-13-24/h5-20,30,36-37H,1-4H3/b31-29+. The zero-order chi connectivity index (χ0) is 28.6. The molecule has 2 N–H and O–H groups in total. The van der Waals surface area contributed by atoms with Gasteiger partial charge in [0.1, 0.15) is 23.0 Å². The summed E-state index contributed by atoms with van der Waals surface area (Å²) in [6, 6.07) is 27.4. The van der Waals surface area contributed by atoms with Gasteiger partial charge in [-0.25, -0.2) is 0 Å². The van der Waals surface area contributed by atoms with Crippen LogP contribution in [0, 0.1) is 6.92 Å². The molecule has 0 aromatic heterocycles. The predicted octanol–water partition coefficient (Wildman–Crippen LogP) is 7.42. The number of nitrogens with zero attached hydrogens (tertiary/aromatic N) is 1.